The van der Waals surface area contributed by atoms with Gasteiger partial charge >= 0.3 is 35.8 Å². The topological polar surface area (TPSA) is 220 Å². The monoisotopic (exact) mass is 710 g/mol. The molecule has 2 N–H and O–H groups in total. The molecule has 16 nitrogen and oxygen atoms in total. The van der Waals surface area contributed by atoms with Crippen LogP contribution in [0.2, 0.25) is 0 Å². The highest BCUT2D eigenvalue weighted by molar-refractivity contribution is 5.78. The standard InChI is InChI=1S/C34H46O16/c1-16(2)11-24(39)50-26-28(45-18(4)36)32(7)22(48-25(40)13-35)10-9-21(14-43-8)12-23-34(42,17(3)31(41)49-23)30(47-20(6)38)27(32)33(15-44-33)29(26)46-19(5)37/h9-10,12,16-17,22-23,26-30,35,42H,11,13-15H2,1-8H3/t17-,22-,23-,26+,27+,28-,29+,30-,32+,33-,34-/m0/s1. The Morgan fingerprint density at radius 1 is 0.940 bits per heavy atom. The zero-order valence-electron chi connectivity index (χ0n) is 29.4. The molecular formula is C34H46O16. The van der Waals surface area contributed by atoms with Crippen LogP contribution in [0.3, 0.4) is 0 Å². The summed E-state index contributed by atoms with van der Waals surface area (Å²) in [6.45, 7) is 8.21. The number of rotatable bonds is 10. The van der Waals surface area contributed by atoms with E-state index >= 15 is 0 Å². The summed E-state index contributed by atoms with van der Waals surface area (Å²) in [6.07, 6.45) is -5.46. The first-order valence-electron chi connectivity index (χ1n) is 16.3. The lowest BCUT2D eigenvalue weighted by atomic mass is 9.51. The Balaban J connectivity index is 2.16. The van der Waals surface area contributed by atoms with Crippen molar-refractivity contribution in [2.24, 2.45) is 23.2 Å². The number of methoxy groups -OCH3 is 1. The summed E-state index contributed by atoms with van der Waals surface area (Å²) >= 11 is 0. The third-order valence-corrected chi connectivity index (χ3v) is 9.75. The molecule has 0 unspecified atom stereocenters. The van der Waals surface area contributed by atoms with E-state index in [9.17, 15) is 39.0 Å². The summed E-state index contributed by atoms with van der Waals surface area (Å²) < 4.78 is 46.6. The number of fused-ring (bicyclic) bond motifs is 3. The molecule has 3 fully saturated rings. The fourth-order valence-corrected chi connectivity index (χ4v) is 7.61. The number of hydrogen-bond acceptors (Lipinski definition) is 16. The number of ether oxygens (including phenoxy) is 8. The van der Waals surface area contributed by atoms with Crippen LogP contribution < -0.4 is 0 Å². The summed E-state index contributed by atoms with van der Waals surface area (Å²) in [4.78, 5) is 78.2. The second-order valence-electron chi connectivity index (χ2n) is 13.8. The Kier molecular flexibility index (Phi) is 11.5. The molecule has 1 spiro atoms. The molecule has 0 amide bonds. The second-order valence-corrected chi connectivity index (χ2v) is 13.8. The van der Waals surface area contributed by atoms with Crippen LogP contribution in [0.1, 0.15) is 54.9 Å². The lowest BCUT2D eigenvalue weighted by molar-refractivity contribution is -0.279. The molecule has 2 aliphatic heterocycles. The molecule has 0 aromatic rings. The molecule has 2 saturated heterocycles. The van der Waals surface area contributed by atoms with E-state index < -0.39 is 107 Å². The smallest absolute Gasteiger partial charge is 0.332 e. The predicted octanol–water partition coefficient (Wildman–Crippen LogP) is 0.484. The van der Waals surface area contributed by atoms with Crippen LogP contribution in [0.25, 0.3) is 0 Å². The van der Waals surface area contributed by atoms with Gasteiger partial charge in [-0.15, -0.1) is 0 Å². The van der Waals surface area contributed by atoms with Gasteiger partial charge in [0, 0.05) is 40.2 Å². The van der Waals surface area contributed by atoms with E-state index in [2.05, 4.69) is 0 Å². The van der Waals surface area contributed by atoms with Gasteiger partial charge in [-0.25, -0.2) is 4.79 Å². The van der Waals surface area contributed by atoms with E-state index in [1.165, 1.54) is 39.2 Å². The minimum atomic E-state index is -2.38. The molecule has 2 aliphatic carbocycles. The van der Waals surface area contributed by atoms with Crippen molar-refractivity contribution in [2.45, 2.75) is 103 Å². The quantitative estimate of drug-likeness (QED) is 0.179. The Morgan fingerprint density at radius 2 is 1.52 bits per heavy atom. The summed E-state index contributed by atoms with van der Waals surface area (Å²) in [5.74, 6) is -8.38. The number of carbonyl (C=O) groups is 6. The third kappa shape index (κ3) is 7.16. The molecular weight excluding hydrogens is 664 g/mol. The van der Waals surface area contributed by atoms with Crippen molar-refractivity contribution in [2.75, 3.05) is 26.9 Å². The number of carbonyl (C=O) groups excluding carboxylic acids is 6. The number of hydrogen-bond donors (Lipinski definition) is 2. The minimum Gasteiger partial charge on any atom is -0.459 e. The third-order valence-electron chi connectivity index (χ3n) is 9.75. The van der Waals surface area contributed by atoms with Gasteiger partial charge in [0.1, 0.15) is 24.4 Å². The van der Waals surface area contributed by atoms with E-state index in [1.54, 1.807) is 13.8 Å². The summed E-state index contributed by atoms with van der Waals surface area (Å²) in [7, 11) is 1.39. The SMILES string of the molecule is COCC1=C[C@@H]2OC(=O)[C@H](C)[C@@]2(O)[C@@H](OC(C)=O)[C@H]2[C@@]3(CO3)[C@H](OC(C)=O)[C@H](OC(=O)CC(C)C)[C@H](OC(C)=O)[C@]2(C)[C@@H](OC(=O)CO)C=C1. The minimum absolute atomic E-state index is 0.0907. The van der Waals surface area contributed by atoms with Gasteiger partial charge in [0.05, 0.1) is 24.5 Å². The van der Waals surface area contributed by atoms with E-state index in [0.29, 0.717) is 5.57 Å². The normalized spacial score (nSPS) is 37.4. The molecule has 0 aromatic heterocycles. The van der Waals surface area contributed by atoms with Crippen LogP contribution >= 0.6 is 0 Å². The van der Waals surface area contributed by atoms with Crippen molar-refractivity contribution in [3.63, 3.8) is 0 Å². The molecule has 278 valence electrons. The van der Waals surface area contributed by atoms with E-state index in [0.717, 1.165) is 20.8 Å². The number of esters is 6. The van der Waals surface area contributed by atoms with Crippen LogP contribution in [0, 0.1) is 23.2 Å². The van der Waals surface area contributed by atoms with Crippen LogP contribution in [0.4, 0.5) is 0 Å². The summed E-state index contributed by atoms with van der Waals surface area (Å²) in [6, 6.07) is 0. The van der Waals surface area contributed by atoms with Gasteiger partial charge in [-0.2, -0.15) is 0 Å². The summed E-state index contributed by atoms with van der Waals surface area (Å²) in [5.41, 5.74) is -5.76. The fourth-order valence-electron chi connectivity index (χ4n) is 7.61. The average Bonchev–Trinajstić information content (AvgIpc) is 3.76. The maximum Gasteiger partial charge on any atom is 0.332 e. The van der Waals surface area contributed by atoms with Gasteiger partial charge in [0.15, 0.2) is 30.0 Å². The molecule has 4 aliphatic rings. The molecule has 50 heavy (non-hydrogen) atoms. The highest BCUT2D eigenvalue weighted by Crippen LogP contribution is 2.63. The molecule has 0 aromatic carbocycles. The van der Waals surface area contributed by atoms with E-state index in [4.69, 9.17) is 37.9 Å². The first kappa shape index (κ1) is 38.9. The average molecular weight is 711 g/mol. The molecule has 16 heteroatoms. The maximum atomic E-state index is 13.4. The lowest BCUT2D eigenvalue weighted by Crippen LogP contribution is -2.76. The van der Waals surface area contributed by atoms with Gasteiger partial charge in [0.2, 0.25) is 0 Å². The zero-order chi connectivity index (χ0) is 37.3. The van der Waals surface area contributed by atoms with Crippen LogP contribution in [0.15, 0.2) is 23.8 Å². The Morgan fingerprint density at radius 3 is 2.04 bits per heavy atom. The van der Waals surface area contributed by atoms with Crippen molar-refractivity contribution in [1.29, 1.82) is 0 Å². The Bertz CT molecular complexity index is 1430. The van der Waals surface area contributed by atoms with Crippen molar-refractivity contribution in [1.82, 2.24) is 0 Å². The maximum absolute atomic E-state index is 13.4. The van der Waals surface area contributed by atoms with Crippen LogP contribution in [-0.2, 0) is 66.7 Å². The molecule has 4 rings (SSSR count). The number of epoxide rings is 1. The molecule has 0 bridgehead atoms. The van der Waals surface area contributed by atoms with Gasteiger partial charge in [-0.3, -0.25) is 24.0 Å². The largest absolute Gasteiger partial charge is 0.459 e. The lowest BCUT2D eigenvalue weighted by Gasteiger charge is -2.59. The van der Waals surface area contributed by atoms with Crippen molar-refractivity contribution < 1.29 is 76.9 Å². The first-order chi connectivity index (χ1) is 23.4. The number of aliphatic hydroxyl groups excluding tert-OH is 1. The van der Waals surface area contributed by atoms with Gasteiger partial charge in [-0.1, -0.05) is 26.8 Å². The Labute approximate surface area is 289 Å². The van der Waals surface area contributed by atoms with Gasteiger partial charge in [-0.05, 0) is 30.6 Å². The van der Waals surface area contributed by atoms with Crippen LogP contribution in [0.5, 0.6) is 0 Å². The molecule has 1 saturated carbocycles. The molecule has 11 atom stereocenters. The second kappa shape index (κ2) is 14.8. The highest BCUT2D eigenvalue weighted by Gasteiger charge is 2.81. The number of aliphatic hydroxyl groups is 2. The first-order valence-corrected chi connectivity index (χ1v) is 16.3. The van der Waals surface area contributed by atoms with Crippen molar-refractivity contribution >= 4 is 35.8 Å². The molecule has 2 heterocycles. The molecule has 0 radical (unpaired) electrons. The summed E-state index contributed by atoms with van der Waals surface area (Å²) in [5, 5.41) is 22.6. The van der Waals surface area contributed by atoms with Crippen molar-refractivity contribution in [3.05, 3.63) is 23.8 Å². The van der Waals surface area contributed by atoms with Crippen molar-refractivity contribution in [3.8, 4) is 0 Å². The fraction of sp³-hybridized carbons (Fsp3) is 0.706. The Hall–Kier alpha value is -3.86. The van der Waals surface area contributed by atoms with E-state index in [1.807, 2.05) is 0 Å². The van der Waals surface area contributed by atoms with Gasteiger partial charge in [0.25, 0.3) is 0 Å². The predicted molar refractivity (Wildman–Crippen MR) is 166 cm³/mol. The van der Waals surface area contributed by atoms with Gasteiger partial charge < -0.3 is 48.1 Å². The highest BCUT2D eigenvalue weighted by atomic mass is 16.7. The van der Waals surface area contributed by atoms with E-state index in [-0.39, 0.29) is 25.6 Å². The van der Waals surface area contributed by atoms with Crippen LogP contribution in [-0.4, -0.2) is 121 Å². The zero-order valence-corrected chi connectivity index (χ0v) is 29.4.